The Kier molecular flexibility index (Phi) is 3.22. The third kappa shape index (κ3) is 2.28. The Bertz CT molecular complexity index is 536. The molecule has 1 N–H and O–H groups in total. The number of carboxylic acid groups (broad SMARTS) is 1. The maximum Gasteiger partial charge on any atom is 0.313 e. The highest BCUT2D eigenvalue weighted by atomic mass is 16.5. The van der Waals surface area contributed by atoms with E-state index in [0.717, 1.165) is 0 Å². The van der Waals surface area contributed by atoms with Crippen LogP contribution in [-0.4, -0.2) is 30.6 Å². The van der Waals surface area contributed by atoms with Crippen LogP contribution < -0.4 is 9.64 Å². The third-order valence-corrected chi connectivity index (χ3v) is 3.52. The number of benzene rings is 1. The van der Waals surface area contributed by atoms with Crippen molar-refractivity contribution < 1.29 is 19.4 Å². The van der Waals surface area contributed by atoms with Crippen LogP contribution in [0, 0.1) is 0 Å². The molecule has 19 heavy (non-hydrogen) atoms. The average Bonchev–Trinajstić information content (AvgIpc) is 2.50. The highest BCUT2D eigenvalue weighted by molar-refractivity contribution is 5.95. The summed E-state index contributed by atoms with van der Waals surface area (Å²) in [5, 5.41) is 9.26. The van der Waals surface area contributed by atoms with E-state index in [2.05, 4.69) is 0 Å². The first-order valence-corrected chi connectivity index (χ1v) is 6.11. The Morgan fingerprint density at radius 3 is 2.74 bits per heavy atom. The van der Waals surface area contributed by atoms with E-state index in [-0.39, 0.29) is 5.91 Å². The quantitative estimate of drug-likeness (QED) is 0.883. The molecule has 1 aromatic rings. The number of anilines is 1. The van der Waals surface area contributed by atoms with Crippen molar-refractivity contribution in [3.63, 3.8) is 0 Å². The summed E-state index contributed by atoms with van der Waals surface area (Å²) in [6, 6.07) is 5.17. The molecule has 2 rings (SSSR count). The van der Waals surface area contributed by atoms with E-state index in [9.17, 15) is 14.7 Å². The summed E-state index contributed by atoms with van der Waals surface area (Å²) in [6.45, 7) is 3.62. The summed E-state index contributed by atoms with van der Waals surface area (Å²) in [6.07, 6.45) is 0.322. The lowest BCUT2D eigenvalue weighted by Gasteiger charge is -2.23. The molecule has 0 atom stereocenters. The molecule has 0 saturated heterocycles. The summed E-state index contributed by atoms with van der Waals surface area (Å²) < 4.78 is 5.51. The lowest BCUT2D eigenvalue weighted by molar-refractivity contribution is -0.142. The van der Waals surface area contributed by atoms with Gasteiger partial charge in [-0.2, -0.15) is 0 Å². The van der Waals surface area contributed by atoms with E-state index in [4.69, 9.17) is 4.74 Å². The maximum atomic E-state index is 11.8. The molecule has 5 nitrogen and oxygen atoms in total. The van der Waals surface area contributed by atoms with Gasteiger partial charge in [0.05, 0.1) is 24.1 Å². The standard InChI is InChI=1S/C14H17NO4/c1-14(2,13(17)18)9-4-5-11-10(8-9)15(3)12(16)6-7-19-11/h4-5,8H,6-7H2,1-3H3,(H,17,18). The van der Waals surface area contributed by atoms with Gasteiger partial charge >= 0.3 is 5.97 Å². The van der Waals surface area contributed by atoms with Gasteiger partial charge in [0, 0.05) is 7.05 Å². The molecule has 5 heteroatoms. The number of carbonyl (C=O) groups is 2. The molecule has 1 aromatic carbocycles. The molecule has 102 valence electrons. The number of carboxylic acids is 1. The number of ether oxygens (including phenoxy) is 1. The van der Waals surface area contributed by atoms with Gasteiger partial charge in [-0.3, -0.25) is 9.59 Å². The van der Waals surface area contributed by atoms with Crippen LogP contribution in [0.1, 0.15) is 25.8 Å². The third-order valence-electron chi connectivity index (χ3n) is 3.52. The van der Waals surface area contributed by atoms with Crippen molar-refractivity contribution in [2.75, 3.05) is 18.6 Å². The first-order valence-electron chi connectivity index (χ1n) is 6.11. The first kappa shape index (κ1) is 13.4. The fourth-order valence-corrected chi connectivity index (χ4v) is 1.96. The molecule has 0 aliphatic carbocycles. The average molecular weight is 263 g/mol. The molecule has 1 heterocycles. The van der Waals surface area contributed by atoms with E-state index in [1.807, 2.05) is 0 Å². The number of hydrogen-bond acceptors (Lipinski definition) is 3. The van der Waals surface area contributed by atoms with Crippen LogP contribution in [-0.2, 0) is 15.0 Å². The van der Waals surface area contributed by atoms with Crippen molar-refractivity contribution in [3.05, 3.63) is 23.8 Å². The Balaban J connectivity index is 2.51. The molecule has 0 aromatic heterocycles. The summed E-state index contributed by atoms with van der Waals surface area (Å²) >= 11 is 0. The Morgan fingerprint density at radius 2 is 2.11 bits per heavy atom. The number of hydrogen-bond donors (Lipinski definition) is 1. The molecular formula is C14H17NO4. The topological polar surface area (TPSA) is 66.8 Å². The summed E-state index contributed by atoms with van der Waals surface area (Å²) in [7, 11) is 1.67. The molecule has 0 bridgehead atoms. The summed E-state index contributed by atoms with van der Waals surface area (Å²) in [5.41, 5.74) is 0.254. The minimum absolute atomic E-state index is 0.0379. The van der Waals surface area contributed by atoms with Crippen LogP contribution in [0.4, 0.5) is 5.69 Å². The van der Waals surface area contributed by atoms with Crippen LogP contribution >= 0.6 is 0 Å². The van der Waals surface area contributed by atoms with E-state index in [1.165, 1.54) is 4.90 Å². The molecular weight excluding hydrogens is 246 g/mol. The fraction of sp³-hybridized carbons (Fsp3) is 0.429. The van der Waals surface area contributed by atoms with Gasteiger partial charge in [0.25, 0.3) is 0 Å². The van der Waals surface area contributed by atoms with E-state index in [0.29, 0.717) is 30.0 Å². The van der Waals surface area contributed by atoms with Gasteiger partial charge in [0.1, 0.15) is 5.75 Å². The van der Waals surface area contributed by atoms with Crippen molar-refractivity contribution in [1.29, 1.82) is 0 Å². The second kappa shape index (κ2) is 4.57. The second-order valence-corrected chi connectivity index (χ2v) is 5.16. The Hall–Kier alpha value is -2.04. The minimum atomic E-state index is -1.01. The largest absolute Gasteiger partial charge is 0.491 e. The van der Waals surface area contributed by atoms with Crippen molar-refractivity contribution in [2.45, 2.75) is 25.7 Å². The van der Waals surface area contributed by atoms with Gasteiger partial charge in [0.2, 0.25) is 5.91 Å². The normalized spacial score (nSPS) is 15.5. The molecule has 0 unspecified atom stereocenters. The van der Waals surface area contributed by atoms with Gasteiger partial charge in [0.15, 0.2) is 0 Å². The number of nitrogens with zero attached hydrogens (tertiary/aromatic N) is 1. The molecule has 0 fully saturated rings. The van der Waals surface area contributed by atoms with Gasteiger partial charge in [-0.05, 0) is 31.5 Å². The van der Waals surface area contributed by atoms with Crippen LogP contribution in [0.15, 0.2) is 18.2 Å². The van der Waals surface area contributed by atoms with Crippen LogP contribution in [0.3, 0.4) is 0 Å². The first-order chi connectivity index (χ1) is 8.84. The molecule has 0 saturated carbocycles. The predicted molar refractivity (Wildman–Crippen MR) is 70.6 cm³/mol. The van der Waals surface area contributed by atoms with Gasteiger partial charge in [-0.25, -0.2) is 0 Å². The summed E-state index contributed by atoms with van der Waals surface area (Å²) in [5.74, 6) is -0.335. The molecule has 0 radical (unpaired) electrons. The molecule has 1 aliphatic rings. The molecule has 1 amide bonds. The van der Waals surface area contributed by atoms with Gasteiger partial charge < -0.3 is 14.7 Å². The lowest BCUT2D eigenvalue weighted by Crippen LogP contribution is -2.29. The Labute approximate surface area is 111 Å². The smallest absolute Gasteiger partial charge is 0.313 e. The number of rotatable bonds is 2. The van der Waals surface area contributed by atoms with Crippen LogP contribution in [0.2, 0.25) is 0 Å². The van der Waals surface area contributed by atoms with E-state index in [1.54, 1.807) is 39.1 Å². The van der Waals surface area contributed by atoms with Crippen molar-refractivity contribution in [3.8, 4) is 5.75 Å². The fourth-order valence-electron chi connectivity index (χ4n) is 1.96. The van der Waals surface area contributed by atoms with Crippen molar-refractivity contribution in [2.24, 2.45) is 0 Å². The minimum Gasteiger partial charge on any atom is -0.491 e. The van der Waals surface area contributed by atoms with E-state index < -0.39 is 11.4 Å². The zero-order valence-corrected chi connectivity index (χ0v) is 11.3. The van der Waals surface area contributed by atoms with Crippen molar-refractivity contribution in [1.82, 2.24) is 0 Å². The SMILES string of the molecule is CN1C(=O)CCOc2ccc(C(C)(C)C(=O)O)cc21. The lowest BCUT2D eigenvalue weighted by atomic mass is 9.84. The van der Waals surface area contributed by atoms with E-state index >= 15 is 0 Å². The number of aliphatic carboxylic acids is 1. The van der Waals surface area contributed by atoms with Gasteiger partial charge in [-0.1, -0.05) is 6.07 Å². The van der Waals surface area contributed by atoms with Crippen molar-refractivity contribution >= 4 is 17.6 Å². The zero-order valence-electron chi connectivity index (χ0n) is 11.3. The zero-order chi connectivity index (χ0) is 14.2. The maximum absolute atomic E-state index is 11.8. The van der Waals surface area contributed by atoms with Crippen LogP contribution in [0.5, 0.6) is 5.75 Å². The highest BCUT2D eigenvalue weighted by Crippen LogP contribution is 2.35. The summed E-state index contributed by atoms with van der Waals surface area (Å²) in [4.78, 5) is 24.6. The molecule has 0 spiro atoms. The second-order valence-electron chi connectivity index (χ2n) is 5.16. The highest BCUT2D eigenvalue weighted by Gasteiger charge is 2.31. The Morgan fingerprint density at radius 1 is 1.42 bits per heavy atom. The molecule has 1 aliphatic heterocycles. The predicted octanol–water partition coefficient (Wildman–Crippen LogP) is 1.79. The number of amides is 1. The number of carbonyl (C=O) groups excluding carboxylic acids is 1. The van der Waals surface area contributed by atoms with Crippen LogP contribution in [0.25, 0.3) is 0 Å². The monoisotopic (exact) mass is 263 g/mol. The van der Waals surface area contributed by atoms with Gasteiger partial charge in [-0.15, -0.1) is 0 Å². The number of fused-ring (bicyclic) bond motifs is 1.